The molecule has 0 spiro atoms. The largest absolute Gasteiger partial charge is 0.349 e. The molecule has 0 N–H and O–H groups in total. The van der Waals surface area contributed by atoms with Crippen LogP contribution in [0, 0.1) is 5.92 Å². The zero-order chi connectivity index (χ0) is 23.4. The summed E-state index contributed by atoms with van der Waals surface area (Å²) in [7, 11) is 2.21. The summed E-state index contributed by atoms with van der Waals surface area (Å²) in [6, 6.07) is 15.5. The highest BCUT2D eigenvalue weighted by Gasteiger charge is 2.47. The lowest BCUT2D eigenvalue weighted by atomic mass is 9.79. The van der Waals surface area contributed by atoms with Crippen molar-refractivity contribution in [3.05, 3.63) is 65.4 Å². The van der Waals surface area contributed by atoms with Gasteiger partial charge in [-0.25, -0.2) is 9.97 Å². The Kier molecular flexibility index (Phi) is 5.43. The van der Waals surface area contributed by atoms with Crippen LogP contribution in [0.3, 0.4) is 0 Å². The van der Waals surface area contributed by atoms with Crippen molar-refractivity contribution >= 4 is 17.2 Å². The molecule has 0 saturated heterocycles. The molecule has 2 aliphatic heterocycles. The van der Waals surface area contributed by atoms with E-state index in [9.17, 15) is 0 Å². The number of aromatic nitrogens is 2. The standard InChI is InChI=1S/C29H36N4/c1-8-20-19(6)23-12-9-10-15-24(23)33-28-25(32(7)29(20)33)16-30-27(31-28)26-21(17(2)3)13-11-14-22(26)18(4)5/h9-20,29H,8H2,1-7H3. The van der Waals surface area contributed by atoms with Crippen molar-refractivity contribution in [1.29, 1.82) is 0 Å². The maximum absolute atomic E-state index is 5.31. The Labute approximate surface area is 198 Å². The van der Waals surface area contributed by atoms with Crippen molar-refractivity contribution in [3.63, 3.8) is 0 Å². The Hall–Kier alpha value is -2.88. The van der Waals surface area contributed by atoms with Gasteiger partial charge >= 0.3 is 0 Å². The molecule has 3 unspecified atom stereocenters. The smallest absolute Gasteiger partial charge is 0.162 e. The predicted molar refractivity (Wildman–Crippen MR) is 139 cm³/mol. The highest BCUT2D eigenvalue weighted by atomic mass is 15.4. The summed E-state index contributed by atoms with van der Waals surface area (Å²) in [5, 5.41) is 0. The van der Waals surface area contributed by atoms with Crippen LogP contribution in [0.15, 0.2) is 48.7 Å². The third-order valence-electron chi connectivity index (χ3n) is 7.80. The molecule has 5 rings (SSSR count). The fourth-order valence-corrected chi connectivity index (χ4v) is 6.04. The third kappa shape index (κ3) is 3.25. The van der Waals surface area contributed by atoms with E-state index < -0.39 is 0 Å². The van der Waals surface area contributed by atoms with Crippen LogP contribution in [0.2, 0.25) is 0 Å². The third-order valence-corrected chi connectivity index (χ3v) is 7.80. The molecule has 0 radical (unpaired) electrons. The number of benzene rings is 2. The molecule has 3 atom stereocenters. The van der Waals surface area contributed by atoms with Gasteiger partial charge in [0.25, 0.3) is 0 Å². The molecule has 0 saturated carbocycles. The molecule has 4 heteroatoms. The molecule has 0 fully saturated rings. The Morgan fingerprint density at radius 2 is 1.58 bits per heavy atom. The number of hydrogen-bond donors (Lipinski definition) is 0. The first kappa shape index (κ1) is 21.9. The first-order valence-electron chi connectivity index (χ1n) is 12.5. The Bertz CT molecular complexity index is 1160. The summed E-state index contributed by atoms with van der Waals surface area (Å²) in [5.41, 5.74) is 7.69. The van der Waals surface area contributed by atoms with E-state index in [4.69, 9.17) is 9.97 Å². The van der Waals surface area contributed by atoms with E-state index in [2.05, 4.69) is 107 Å². The van der Waals surface area contributed by atoms with Gasteiger partial charge < -0.3 is 9.80 Å². The number of hydrogen-bond acceptors (Lipinski definition) is 4. The maximum Gasteiger partial charge on any atom is 0.162 e. The van der Waals surface area contributed by atoms with Gasteiger partial charge in [-0.2, -0.15) is 0 Å². The van der Waals surface area contributed by atoms with Crippen molar-refractivity contribution in [3.8, 4) is 11.4 Å². The molecular formula is C29H36N4. The maximum atomic E-state index is 5.31. The van der Waals surface area contributed by atoms with Crippen LogP contribution in [0.25, 0.3) is 11.4 Å². The average Bonchev–Trinajstić information content (AvgIpc) is 3.10. The quantitative estimate of drug-likeness (QED) is 0.422. The van der Waals surface area contributed by atoms with Crippen molar-refractivity contribution < 1.29 is 0 Å². The van der Waals surface area contributed by atoms with Gasteiger partial charge in [-0.15, -0.1) is 0 Å². The van der Waals surface area contributed by atoms with E-state index in [1.54, 1.807) is 0 Å². The summed E-state index contributed by atoms with van der Waals surface area (Å²) in [5.74, 6) is 3.74. The fraction of sp³-hybridized carbons (Fsp3) is 0.448. The molecular weight excluding hydrogens is 404 g/mol. The first-order valence-corrected chi connectivity index (χ1v) is 12.5. The normalized spacial score (nSPS) is 21.4. The van der Waals surface area contributed by atoms with Crippen LogP contribution in [0.1, 0.15) is 82.4 Å². The molecule has 0 aliphatic carbocycles. The van der Waals surface area contributed by atoms with Crippen molar-refractivity contribution in [2.75, 3.05) is 16.8 Å². The van der Waals surface area contributed by atoms with Gasteiger partial charge in [0.05, 0.1) is 6.20 Å². The number of fused-ring (bicyclic) bond motifs is 5. The zero-order valence-electron chi connectivity index (χ0n) is 21.0. The Balaban J connectivity index is 1.73. The van der Waals surface area contributed by atoms with E-state index in [1.807, 2.05) is 0 Å². The molecule has 4 nitrogen and oxygen atoms in total. The summed E-state index contributed by atoms with van der Waals surface area (Å²) < 4.78 is 0. The molecule has 1 aromatic heterocycles. The number of para-hydroxylation sites is 1. The van der Waals surface area contributed by atoms with E-state index >= 15 is 0 Å². The summed E-state index contributed by atoms with van der Waals surface area (Å²) in [6.45, 7) is 13.7. The minimum Gasteiger partial charge on any atom is -0.349 e. The van der Waals surface area contributed by atoms with Gasteiger partial charge in [0.15, 0.2) is 11.6 Å². The van der Waals surface area contributed by atoms with E-state index in [1.165, 1.54) is 27.9 Å². The second-order valence-electron chi connectivity index (χ2n) is 10.3. The minimum atomic E-state index is 0.268. The molecule has 2 aromatic carbocycles. The lowest BCUT2D eigenvalue weighted by molar-refractivity contribution is 0.339. The molecule has 33 heavy (non-hydrogen) atoms. The van der Waals surface area contributed by atoms with Gasteiger partial charge in [-0.3, -0.25) is 0 Å². The van der Waals surface area contributed by atoms with E-state index in [-0.39, 0.29) is 6.17 Å². The molecule has 0 bridgehead atoms. The van der Waals surface area contributed by atoms with Crippen LogP contribution in [0.5, 0.6) is 0 Å². The van der Waals surface area contributed by atoms with E-state index in [0.29, 0.717) is 23.7 Å². The highest BCUT2D eigenvalue weighted by Crippen LogP contribution is 2.53. The van der Waals surface area contributed by atoms with Crippen LogP contribution in [-0.2, 0) is 0 Å². The zero-order valence-corrected chi connectivity index (χ0v) is 21.0. The summed E-state index contributed by atoms with van der Waals surface area (Å²) >= 11 is 0. The number of anilines is 3. The Morgan fingerprint density at radius 3 is 2.21 bits per heavy atom. The summed E-state index contributed by atoms with van der Waals surface area (Å²) in [6.07, 6.45) is 3.45. The fourth-order valence-electron chi connectivity index (χ4n) is 6.04. The average molecular weight is 441 g/mol. The van der Waals surface area contributed by atoms with E-state index in [0.717, 1.165) is 23.8 Å². The minimum absolute atomic E-state index is 0.268. The molecule has 3 aromatic rings. The lowest BCUT2D eigenvalue weighted by Gasteiger charge is -2.44. The van der Waals surface area contributed by atoms with Crippen molar-refractivity contribution in [2.45, 2.75) is 71.9 Å². The lowest BCUT2D eigenvalue weighted by Crippen LogP contribution is -2.49. The van der Waals surface area contributed by atoms with Crippen LogP contribution in [-0.4, -0.2) is 23.2 Å². The topological polar surface area (TPSA) is 32.3 Å². The number of nitrogens with zero attached hydrogens (tertiary/aromatic N) is 4. The van der Waals surface area contributed by atoms with Crippen molar-refractivity contribution in [1.82, 2.24) is 9.97 Å². The highest BCUT2D eigenvalue weighted by molar-refractivity contribution is 5.84. The van der Waals surface area contributed by atoms with Gasteiger partial charge in [0, 0.05) is 24.2 Å². The molecule has 2 aliphatic rings. The van der Waals surface area contributed by atoms with Crippen LogP contribution in [0.4, 0.5) is 17.2 Å². The molecule has 3 heterocycles. The second-order valence-corrected chi connectivity index (χ2v) is 10.3. The SMILES string of the molecule is CCC1C(C)c2ccccc2N2c3nc(-c4c(C(C)C)cccc4C(C)C)ncc3N(C)C12. The van der Waals surface area contributed by atoms with Gasteiger partial charge in [0.1, 0.15) is 11.9 Å². The van der Waals surface area contributed by atoms with Gasteiger partial charge in [-0.05, 0) is 46.9 Å². The van der Waals surface area contributed by atoms with Crippen LogP contribution >= 0.6 is 0 Å². The Morgan fingerprint density at radius 1 is 0.909 bits per heavy atom. The van der Waals surface area contributed by atoms with Crippen molar-refractivity contribution in [2.24, 2.45) is 5.92 Å². The predicted octanol–water partition coefficient (Wildman–Crippen LogP) is 7.45. The van der Waals surface area contributed by atoms with Gasteiger partial charge in [0.2, 0.25) is 0 Å². The summed E-state index contributed by atoms with van der Waals surface area (Å²) in [4.78, 5) is 15.2. The first-order chi connectivity index (χ1) is 15.8. The number of rotatable bonds is 4. The second kappa shape index (κ2) is 8.16. The monoisotopic (exact) mass is 440 g/mol. The molecule has 0 amide bonds. The molecule has 172 valence electrons. The van der Waals surface area contributed by atoms with Crippen LogP contribution < -0.4 is 9.80 Å². The van der Waals surface area contributed by atoms with Gasteiger partial charge in [-0.1, -0.05) is 77.9 Å².